The van der Waals surface area contributed by atoms with E-state index in [0.717, 1.165) is 0 Å². The predicted octanol–water partition coefficient (Wildman–Crippen LogP) is 3.93. The summed E-state index contributed by atoms with van der Waals surface area (Å²) in [6.07, 6.45) is -3.97. The average Bonchev–Trinajstić information content (AvgIpc) is 2.42. The van der Waals surface area contributed by atoms with Crippen molar-refractivity contribution in [2.24, 2.45) is 5.92 Å². The fraction of sp³-hybridized carbons (Fsp3) is 0.500. The van der Waals surface area contributed by atoms with Gasteiger partial charge < -0.3 is 4.90 Å². The first-order valence-corrected chi connectivity index (χ1v) is 7.35. The predicted molar refractivity (Wildman–Crippen MR) is 73.2 cm³/mol. The molecule has 2 nitrogen and oxygen atoms in total. The molecule has 1 saturated heterocycles. The van der Waals surface area contributed by atoms with E-state index in [4.69, 9.17) is 0 Å². The summed E-state index contributed by atoms with van der Waals surface area (Å²) in [5.74, 6) is -2.35. The molecule has 116 valence electrons. The number of carbonyl (C=O) groups excluding carboxylic acids is 1. The highest BCUT2D eigenvalue weighted by Gasteiger charge is 2.42. The van der Waals surface area contributed by atoms with Gasteiger partial charge in [-0.2, -0.15) is 13.2 Å². The van der Waals surface area contributed by atoms with Gasteiger partial charge in [-0.25, -0.2) is 4.39 Å². The molecular formula is C14H14BrF4NO. The van der Waals surface area contributed by atoms with Crippen LogP contribution in [0.4, 0.5) is 17.6 Å². The fourth-order valence-electron chi connectivity index (χ4n) is 2.41. The minimum Gasteiger partial charge on any atom is -0.342 e. The van der Waals surface area contributed by atoms with Gasteiger partial charge in [0.05, 0.1) is 16.8 Å². The number of likely N-dealkylation sites (tertiary alicyclic amines) is 1. The molecule has 1 fully saturated rings. The Balaban J connectivity index is 2.01. The molecule has 1 aliphatic rings. The number of alkyl halides is 3. The highest BCUT2D eigenvalue weighted by atomic mass is 79.9. The first kappa shape index (κ1) is 16.3. The van der Waals surface area contributed by atoms with E-state index in [-0.39, 0.29) is 23.9 Å². The molecule has 1 unspecified atom stereocenters. The van der Waals surface area contributed by atoms with E-state index in [1.54, 1.807) is 6.07 Å². The van der Waals surface area contributed by atoms with Crippen LogP contribution in [-0.4, -0.2) is 30.1 Å². The quantitative estimate of drug-likeness (QED) is 0.725. The van der Waals surface area contributed by atoms with Gasteiger partial charge in [0, 0.05) is 13.1 Å². The van der Waals surface area contributed by atoms with E-state index in [1.165, 1.54) is 17.0 Å². The van der Waals surface area contributed by atoms with Crippen LogP contribution >= 0.6 is 15.9 Å². The zero-order valence-electron chi connectivity index (χ0n) is 11.1. The number of carbonyl (C=O) groups is 1. The molecule has 2 rings (SSSR count). The van der Waals surface area contributed by atoms with Gasteiger partial charge >= 0.3 is 6.18 Å². The second-order valence-corrected chi connectivity index (χ2v) is 6.00. The van der Waals surface area contributed by atoms with Crippen molar-refractivity contribution in [1.82, 2.24) is 4.90 Å². The van der Waals surface area contributed by atoms with Gasteiger partial charge in [-0.05, 0) is 46.5 Å². The summed E-state index contributed by atoms with van der Waals surface area (Å²) in [7, 11) is 0. The molecule has 0 aliphatic carbocycles. The van der Waals surface area contributed by atoms with Gasteiger partial charge in [-0.1, -0.05) is 6.07 Å². The normalized spacial score (nSPS) is 19.7. The first-order valence-electron chi connectivity index (χ1n) is 6.56. The van der Waals surface area contributed by atoms with Crippen molar-refractivity contribution in [3.63, 3.8) is 0 Å². The summed E-state index contributed by atoms with van der Waals surface area (Å²) in [4.78, 5) is 13.3. The van der Waals surface area contributed by atoms with Crippen molar-refractivity contribution in [3.05, 3.63) is 34.1 Å². The van der Waals surface area contributed by atoms with Crippen LogP contribution in [0.3, 0.4) is 0 Å². The number of nitrogens with zero attached hydrogens (tertiary/aromatic N) is 1. The molecule has 0 spiro atoms. The topological polar surface area (TPSA) is 20.3 Å². The monoisotopic (exact) mass is 367 g/mol. The zero-order valence-corrected chi connectivity index (χ0v) is 12.7. The van der Waals surface area contributed by atoms with Crippen molar-refractivity contribution in [3.8, 4) is 0 Å². The average molecular weight is 368 g/mol. The lowest BCUT2D eigenvalue weighted by Crippen LogP contribution is -2.45. The fourth-order valence-corrected chi connectivity index (χ4v) is 2.65. The SMILES string of the molecule is O=C(Cc1ccc(Br)c(F)c1)N1CCCC(C(F)(F)F)C1. The molecule has 1 amide bonds. The van der Waals surface area contributed by atoms with Crippen molar-refractivity contribution in [2.75, 3.05) is 13.1 Å². The van der Waals surface area contributed by atoms with E-state index < -0.39 is 23.8 Å². The number of halogens is 5. The van der Waals surface area contributed by atoms with Gasteiger partial charge in [0.25, 0.3) is 0 Å². The smallest absolute Gasteiger partial charge is 0.342 e. The van der Waals surface area contributed by atoms with E-state index in [2.05, 4.69) is 15.9 Å². The molecule has 0 bridgehead atoms. The summed E-state index contributed by atoms with van der Waals surface area (Å²) >= 11 is 3.01. The van der Waals surface area contributed by atoms with Gasteiger partial charge in [-0.15, -0.1) is 0 Å². The Labute approximate surface area is 128 Å². The van der Waals surface area contributed by atoms with Crippen molar-refractivity contribution in [1.29, 1.82) is 0 Å². The van der Waals surface area contributed by atoms with Gasteiger partial charge in [0.15, 0.2) is 0 Å². The largest absolute Gasteiger partial charge is 0.393 e. The maximum atomic E-state index is 13.4. The number of piperidine rings is 1. The van der Waals surface area contributed by atoms with Crippen LogP contribution in [0, 0.1) is 11.7 Å². The van der Waals surface area contributed by atoms with E-state index in [1.807, 2.05) is 0 Å². The maximum absolute atomic E-state index is 13.4. The minimum atomic E-state index is -4.28. The molecule has 1 atom stereocenters. The number of amides is 1. The molecule has 1 heterocycles. The number of benzene rings is 1. The molecule has 0 N–H and O–H groups in total. The number of rotatable bonds is 2. The number of hydrogen-bond acceptors (Lipinski definition) is 1. The molecule has 1 aromatic rings. The minimum absolute atomic E-state index is 0.0557. The summed E-state index contributed by atoms with van der Waals surface area (Å²) in [6, 6.07) is 4.27. The lowest BCUT2D eigenvalue weighted by molar-refractivity contribution is -0.187. The Bertz CT molecular complexity index is 532. The van der Waals surface area contributed by atoms with Crippen molar-refractivity contribution >= 4 is 21.8 Å². The van der Waals surface area contributed by atoms with Gasteiger partial charge in [0.1, 0.15) is 5.82 Å². The summed E-state index contributed by atoms with van der Waals surface area (Å²) in [5.41, 5.74) is 0.454. The number of hydrogen-bond donors (Lipinski definition) is 0. The molecule has 1 aromatic carbocycles. The summed E-state index contributed by atoms with van der Waals surface area (Å²) in [6.45, 7) is 0.0196. The van der Waals surface area contributed by atoms with E-state index in [0.29, 0.717) is 18.5 Å². The van der Waals surface area contributed by atoms with Gasteiger partial charge in [0.2, 0.25) is 5.91 Å². The summed E-state index contributed by atoms with van der Waals surface area (Å²) in [5, 5.41) is 0. The molecule has 0 saturated carbocycles. The van der Waals surface area contributed by atoms with Crippen LogP contribution in [0.1, 0.15) is 18.4 Å². The Morgan fingerprint density at radius 3 is 2.71 bits per heavy atom. The van der Waals surface area contributed by atoms with Crippen molar-refractivity contribution in [2.45, 2.75) is 25.4 Å². The van der Waals surface area contributed by atoms with Crippen LogP contribution in [0.25, 0.3) is 0 Å². The third kappa shape index (κ3) is 4.18. The standard InChI is InChI=1S/C14H14BrF4NO/c15-11-4-3-9(6-12(11)16)7-13(21)20-5-1-2-10(8-20)14(17,18)19/h3-4,6,10H,1-2,5,7-8H2. The van der Waals surface area contributed by atoms with Crippen LogP contribution in [0.5, 0.6) is 0 Å². The molecule has 0 radical (unpaired) electrons. The highest BCUT2D eigenvalue weighted by Crippen LogP contribution is 2.33. The second-order valence-electron chi connectivity index (χ2n) is 5.15. The lowest BCUT2D eigenvalue weighted by Gasteiger charge is -2.33. The third-order valence-corrected chi connectivity index (χ3v) is 4.22. The second kappa shape index (κ2) is 6.34. The van der Waals surface area contributed by atoms with E-state index >= 15 is 0 Å². The Kier molecular flexibility index (Phi) is 4.91. The highest BCUT2D eigenvalue weighted by molar-refractivity contribution is 9.10. The van der Waals surface area contributed by atoms with Crippen LogP contribution in [-0.2, 0) is 11.2 Å². The Morgan fingerprint density at radius 2 is 2.10 bits per heavy atom. The van der Waals surface area contributed by atoms with Gasteiger partial charge in [-0.3, -0.25) is 4.79 Å². The lowest BCUT2D eigenvalue weighted by atomic mass is 9.97. The first-order chi connectivity index (χ1) is 9.77. The molecule has 1 aliphatic heterocycles. The van der Waals surface area contributed by atoms with Crippen LogP contribution in [0.15, 0.2) is 22.7 Å². The Morgan fingerprint density at radius 1 is 1.38 bits per heavy atom. The molecule has 21 heavy (non-hydrogen) atoms. The third-order valence-electron chi connectivity index (χ3n) is 3.58. The maximum Gasteiger partial charge on any atom is 0.393 e. The summed E-state index contributed by atoms with van der Waals surface area (Å²) < 4.78 is 51.8. The molecular weight excluding hydrogens is 354 g/mol. The molecule has 0 aromatic heterocycles. The molecule has 7 heteroatoms. The van der Waals surface area contributed by atoms with Crippen LogP contribution < -0.4 is 0 Å². The van der Waals surface area contributed by atoms with E-state index in [9.17, 15) is 22.4 Å². The zero-order chi connectivity index (χ0) is 15.6. The Hall–Kier alpha value is -1.11. The van der Waals surface area contributed by atoms with Crippen molar-refractivity contribution < 1.29 is 22.4 Å². The van der Waals surface area contributed by atoms with Crippen LogP contribution in [0.2, 0.25) is 0 Å².